The van der Waals surface area contributed by atoms with Crippen LogP contribution >= 0.6 is 23.2 Å². The van der Waals surface area contributed by atoms with Crippen molar-refractivity contribution in [2.75, 3.05) is 11.9 Å². The predicted molar refractivity (Wildman–Crippen MR) is 81.7 cm³/mol. The zero-order chi connectivity index (χ0) is 13.7. The molecule has 4 heteroatoms. The molecule has 0 bridgehead atoms. The second-order valence-corrected chi connectivity index (χ2v) is 5.61. The average molecular weight is 289 g/mol. The number of halogens is 2. The highest BCUT2D eigenvalue weighted by molar-refractivity contribution is 6.42. The number of anilines is 1. The van der Waals surface area contributed by atoms with Crippen molar-refractivity contribution in [3.8, 4) is 0 Å². The summed E-state index contributed by atoms with van der Waals surface area (Å²) in [5, 5.41) is 4.72. The summed E-state index contributed by atoms with van der Waals surface area (Å²) in [6.07, 6.45) is 2.08. The van der Waals surface area contributed by atoms with Gasteiger partial charge in [0, 0.05) is 11.7 Å². The maximum atomic E-state index is 6.06. The normalized spacial score (nSPS) is 14.3. The number of rotatable bonds is 6. The fourth-order valence-corrected chi connectivity index (χ4v) is 2.35. The number of nitrogens with one attached hydrogen (secondary N) is 1. The van der Waals surface area contributed by atoms with Crippen LogP contribution in [0.4, 0.5) is 5.69 Å². The Kier molecular flexibility index (Phi) is 6.27. The van der Waals surface area contributed by atoms with Crippen LogP contribution in [0.2, 0.25) is 10.0 Å². The quantitative estimate of drug-likeness (QED) is 0.810. The van der Waals surface area contributed by atoms with Crippen molar-refractivity contribution >= 4 is 28.9 Å². The SMILES string of the molecule is CCC(C)C(CCN)Nc1cc(Cl)c(Cl)cc1C. The Morgan fingerprint density at radius 2 is 1.89 bits per heavy atom. The van der Waals surface area contributed by atoms with E-state index in [2.05, 4.69) is 19.2 Å². The Morgan fingerprint density at radius 1 is 1.28 bits per heavy atom. The van der Waals surface area contributed by atoms with E-state index in [9.17, 15) is 0 Å². The van der Waals surface area contributed by atoms with Gasteiger partial charge in [-0.05, 0) is 43.5 Å². The number of hydrogen-bond acceptors (Lipinski definition) is 2. The molecule has 0 aliphatic carbocycles. The first-order valence-electron chi connectivity index (χ1n) is 6.41. The summed E-state index contributed by atoms with van der Waals surface area (Å²) in [5.41, 5.74) is 7.83. The third-order valence-electron chi connectivity index (χ3n) is 3.42. The Labute approximate surface area is 120 Å². The molecule has 1 rings (SSSR count). The van der Waals surface area contributed by atoms with Crippen LogP contribution in [0.25, 0.3) is 0 Å². The molecule has 2 nitrogen and oxygen atoms in total. The third-order valence-corrected chi connectivity index (χ3v) is 4.14. The smallest absolute Gasteiger partial charge is 0.0613 e. The summed E-state index contributed by atoms with van der Waals surface area (Å²) in [4.78, 5) is 0. The Hall–Kier alpha value is -0.440. The Morgan fingerprint density at radius 3 is 2.44 bits per heavy atom. The number of hydrogen-bond donors (Lipinski definition) is 2. The Bertz CT molecular complexity index is 394. The zero-order valence-electron chi connectivity index (χ0n) is 11.3. The van der Waals surface area contributed by atoms with Crippen molar-refractivity contribution in [2.24, 2.45) is 11.7 Å². The summed E-state index contributed by atoms with van der Waals surface area (Å²) in [6.45, 7) is 7.14. The van der Waals surface area contributed by atoms with Gasteiger partial charge in [0.15, 0.2) is 0 Å². The van der Waals surface area contributed by atoms with Crippen molar-refractivity contribution in [1.29, 1.82) is 0 Å². The van der Waals surface area contributed by atoms with E-state index in [0.717, 1.165) is 24.1 Å². The molecule has 0 heterocycles. The lowest BCUT2D eigenvalue weighted by molar-refractivity contribution is 0.449. The summed E-state index contributed by atoms with van der Waals surface area (Å²) in [6, 6.07) is 4.16. The average Bonchev–Trinajstić information content (AvgIpc) is 2.34. The summed E-state index contributed by atoms with van der Waals surface area (Å²) in [7, 11) is 0. The van der Waals surface area contributed by atoms with Crippen LogP contribution in [0.5, 0.6) is 0 Å². The fraction of sp³-hybridized carbons (Fsp3) is 0.571. The molecule has 0 aliphatic rings. The molecule has 0 amide bonds. The number of benzene rings is 1. The fourth-order valence-electron chi connectivity index (χ4n) is 1.96. The minimum Gasteiger partial charge on any atom is -0.382 e. The molecule has 0 spiro atoms. The van der Waals surface area contributed by atoms with Crippen molar-refractivity contribution in [2.45, 2.75) is 39.7 Å². The van der Waals surface area contributed by atoms with Gasteiger partial charge in [-0.1, -0.05) is 43.5 Å². The van der Waals surface area contributed by atoms with Gasteiger partial charge in [0.2, 0.25) is 0 Å². The largest absolute Gasteiger partial charge is 0.382 e. The highest BCUT2D eigenvalue weighted by atomic mass is 35.5. The maximum absolute atomic E-state index is 6.06. The molecule has 0 radical (unpaired) electrons. The van der Waals surface area contributed by atoms with Gasteiger partial charge in [-0.3, -0.25) is 0 Å². The molecule has 2 unspecified atom stereocenters. The lowest BCUT2D eigenvalue weighted by atomic mass is 9.95. The van der Waals surface area contributed by atoms with Crippen LogP contribution in [0.1, 0.15) is 32.3 Å². The monoisotopic (exact) mass is 288 g/mol. The summed E-state index contributed by atoms with van der Waals surface area (Å²) >= 11 is 12.1. The summed E-state index contributed by atoms with van der Waals surface area (Å²) in [5.74, 6) is 0.572. The molecule has 0 saturated carbocycles. The van der Waals surface area contributed by atoms with Crippen LogP contribution in [0.3, 0.4) is 0 Å². The second kappa shape index (κ2) is 7.22. The van der Waals surface area contributed by atoms with Crippen LogP contribution in [0.15, 0.2) is 12.1 Å². The van der Waals surface area contributed by atoms with Gasteiger partial charge in [-0.25, -0.2) is 0 Å². The van der Waals surface area contributed by atoms with E-state index in [-0.39, 0.29) is 0 Å². The van der Waals surface area contributed by atoms with Crippen molar-refractivity contribution in [3.63, 3.8) is 0 Å². The second-order valence-electron chi connectivity index (χ2n) is 4.79. The van der Waals surface area contributed by atoms with Crippen LogP contribution in [-0.4, -0.2) is 12.6 Å². The lowest BCUT2D eigenvalue weighted by Crippen LogP contribution is -2.30. The van der Waals surface area contributed by atoms with Gasteiger partial charge in [0.1, 0.15) is 0 Å². The standard InChI is InChI=1S/C14H22Cl2N2/c1-4-9(2)13(5-6-17)18-14-8-12(16)11(15)7-10(14)3/h7-9,13,18H,4-6,17H2,1-3H3. The van der Waals surface area contributed by atoms with E-state index in [1.165, 1.54) is 0 Å². The molecule has 0 aromatic heterocycles. The minimum atomic E-state index is 0.371. The predicted octanol–water partition coefficient (Wildman–Crippen LogP) is 4.48. The first-order chi connectivity index (χ1) is 8.49. The van der Waals surface area contributed by atoms with Crippen molar-refractivity contribution < 1.29 is 0 Å². The van der Waals surface area contributed by atoms with E-state index >= 15 is 0 Å². The third kappa shape index (κ3) is 4.04. The Balaban J connectivity index is 2.89. The molecule has 0 aliphatic heterocycles. The van der Waals surface area contributed by atoms with Crippen molar-refractivity contribution in [3.05, 3.63) is 27.7 Å². The zero-order valence-corrected chi connectivity index (χ0v) is 12.8. The van der Waals surface area contributed by atoms with Crippen LogP contribution < -0.4 is 11.1 Å². The molecular formula is C14H22Cl2N2. The molecule has 1 aromatic carbocycles. The molecule has 102 valence electrons. The highest BCUT2D eigenvalue weighted by Gasteiger charge is 2.16. The minimum absolute atomic E-state index is 0.371. The van der Waals surface area contributed by atoms with E-state index in [1.807, 2.05) is 19.1 Å². The summed E-state index contributed by atoms with van der Waals surface area (Å²) < 4.78 is 0. The first-order valence-corrected chi connectivity index (χ1v) is 7.17. The molecule has 18 heavy (non-hydrogen) atoms. The van der Waals surface area contributed by atoms with E-state index in [1.54, 1.807) is 0 Å². The van der Waals surface area contributed by atoms with Gasteiger partial charge in [0.25, 0.3) is 0 Å². The van der Waals surface area contributed by atoms with Crippen LogP contribution in [0, 0.1) is 12.8 Å². The molecular weight excluding hydrogens is 267 g/mol. The molecule has 2 atom stereocenters. The van der Waals surface area contributed by atoms with Gasteiger partial charge < -0.3 is 11.1 Å². The number of aryl methyl sites for hydroxylation is 1. The van der Waals surface area contributed by atoms with Crippen LogP contribution in [-0.2, 0) is 0 Å². The van der Waals surface area contributed by atoms with E-state index < -0.39 is 0 Å². The molecule has 0 saturated heterocycles. The maximum Gasteiger partial charge on any atom is 0.0613 e. The molecule has 0 fully saturated rings. The topological polar surface area (TPSA) is 38.0 Å². The highest BCUT2D eigenvalue weighted by Crippen LogP contribution is 2.30. The first kappa shape index (κ1) is 15.6. The van der Waals surface area contributed by atoms with E-state index in [0.29, 0.717) is 28.5 Å². The molecule has 3 N–H and O–H groups in total. The lowest BCUT2D eigenvalue weighted by Gasteiger charge is -2.26. The number of nitrogens with two attached hydrogens (primary N) is 1. The van der Waals surface area contributed by atoms with Gasteiger partial charge in [-0.2, -0.15) is 0 Å². The van der Waals surface area contributed by atoms with Gasteiger partial charge in [-0.15, -0.1) is 0 Å². The van der Waals surface area contributed by atoms with Gasteiger partial charge in [0.05, 0.1) is 10.0 Å². The van der Waals surface area contributed by atoms with Crippen molar-refractivity contribution in [1.82, 2.24) is 0 Å². The van der Waals surface area contributed by atoms with Gasteiger partial charge >= 0.3 is 0 Å². The van der Waals surface area contributed by atoms with E-state index in [4.69, 9.17) is 28.9 Å². The molecule has 1 aromatic rings.